The molecule has 8 nitrogen and oxygen atoms in total. The Kier molecular flexibility index (Phi) is 4.57. The maximum absolute atomic E-state index is 5.85. The van der Waals surface area contributed by atoms with Crippen molar-refractivity contribution in [3.05, 3.63) is 35.8 Å². The maximum atomic E-state index is 5.85. The highest BCUT2D eigenvalue weighted by atomic mass is 16.5. The summed E-state index contributed by atoms with van der Waals surface area (Å²) in [7, 11) is 1.65. The predicted octanol–water partition coefficient (Wildman–Crippen LogP) is 2.10. The second kappa shape index (κ2) is 7.17. The fourth-order valence-electron chi connectivity index (χ4n) is 3.15. The van der Waals surface area contributed by atoms with E-state index in [4.69, 9.17) is 15.2 Å². The van der Waals surface area contributed by atoms with E-state index >= 15 is 0 Å². The number of fused-ring (bicyclic) bond motifs is 1. The van der Waals surface area contributed by atoms with Crippen molar-refractivity contribution in [1.29, 1.82) is 0 Å². The van der Waals surface area contributed by atoms with Gasteiger partial charge in [0, 0.05) is 37.6 Å². The fraction of sp³-hybridized carbons (Fsp3) is 0.389. The molecule has 1 aliphatic heterocycles. The normalized spacial score (nSPS) is 16.9. The number of nitrogens with zero attached hydrogens (tertiary/aromatic N) is 3. The van der Waals surface area contributed by atoms with Crippen LogP contribution < -0.4 is 15.8 Å². The molecule has 1 saturated heterocycles. The van der Waals surface area contributed by atoms with Crippen molar-refractivity contribution in [3.8, 4) is 5.75 Å². The van der Waals surface area contributed by atoms with E-state index in [2.05, 4.69) is 25.3 Å². The Balaban J connectivity index is 1.41. The van der Waals surface area contributed by atoms with E-state index in [-0.39, 0.29) is 5.95 Å². The molecule has 3 heterocycles. The minimum Gasteiger partial charge on any atom is -0.497 e. The van der Waals surface area contributed by atoms with Gasteiger partial charge in [0.2, 0.25) is 5.95 Å². The molecule has 136 valence electrons. The molecular formula is C18H22N6O2. The van der Waals surface area contributed by atoms with Crippen LogP contribution in [0.5, 0.6) is 5.75 Å². The summed E-state index contributed by atoms with van der Waals surface area (Å²) in [6, 6.07) is 7.76. The van der Waals surface area contributed by atoms with Crippen LogP contribution in [-0.4, -0.2) is 46.8 Å². The third-order valence-electron chi connectivity index (χ3n) is 4.52. The molecule has 26 heavy (non-hydrogen) atoms. The number of hydrogen-bond donors (Lipinski definition) is 3. The summed E-state index contributed by atoms with van der Waals surface area (Å²) in [4.78, 5) is 16.5. The summed E-state index contributed by atoms with van der Waals surface area (Å²) >= 11 is 0. The van der Waals surface area contributed by atoms with Crippen molar-refractivity contribution < 1.29 is 9.47 Å². The van der Waals surface area contributed by atoms with Crippen LogP contribution in [0.15, 0.2) is 24.3 Å². The van der Waals surface area contributed by atoms with Crippen molar-refractivity contribution in [2.75, 3.05) is 37.9 Å². The lowest BCUT2D eigenvalue weighted by molar-refractivity contribution is 0.193. The van der Waals surface area contributed by atoms with E-state index < -0.39 is 0 Å². The van der Waals surface area contributed by atoms with Crippen molar-refractivity contribution >= 4 is 22.8 Å². The quantitative estimate of drug-likeness (QED) is 0.621. The Hall–Kier alpha value is -2.87. The van der Waals surface area contributed by atoms with E-state index in [1.807, 2.05) is 24.3 Å². The second-order valence-corrected chi connectivity index (χ2v) is 6.34. The Labute approximate surface area is 151 Å². The number of aromatic amines is 1. The van der Waals surface area contributed by atoms with Gasteiger partial charge >= 0.3 is 0 Å². The molecule has 1 unspecified atom stereocenters. The van der Waals surface area contributed by atoms with Crippen LogP contribution >= 0.6 is 0 Å². The highest BCUT2D eigenvalue weighted by Gasteiger charge is 2.20. The van der Waals surface area contributed by atoms with Crippen LogP contribution in [0.3, 0.4) is 0 Å². The average Bonchev–Trinajstić information content (AvgIpc) is 3.30. The van der Waals surface area contributed by atoms with Gasteiger partial charge in [0.05, 0.1) is 30.4 Å². The lowest BCUT2D eigenvalue weighted by atomic mass is 10.0. The second-order valence-electron chi connectivity index (χ2n) is 6.34. The van der Waals surface area contributed by atoms with Crippen LogP contribution in [0.4, 0.5) is 11.8 Å². The summed E-state index contributed by atoms with van der Waals surface area (Å²) in [6.45, 7) is 2.15. The molecule has 0 radical (unpaired) electrons. The van der Waals surface area contributed by atoms with Crippen LogP contribution in [0, 0.1) is 0 Å². The summed E-state index contributed by atoms with van der Waals surface area (Å²) in [5.74, 6) is 3.04. The van der Waals surface area contributed by atoms with Crippen molar-refractivity contribution in [2.45, 2.75) is 18.8 Å². The number of ether oxygens (including phenoxy) is 2. The zero-order valence-electron chi connectivity index (χ0n) is 14.7. The summed E-state index contributed by atoms with van der Waals surface area (Å²) < 4.78 is 10.7. The maximum Gasteiger partial charge on any atom is 0.222 e. The van der Waals surface area contributed by atoms with E-state index in [9.17, 15) is 0 Å². The molecule has 4 N–H and O–H groups in total. The summed E-state index contributed by atoms with van der Waals surface area (Å²) in [6.07, 6.45) is 1.71. The monoisotopic (exact) mass is 354 g/mol. The van der Waals surface area contributed by atoms with Gasteiger partial charge in [-0.15, -0.1) is 0 Å². The van der Waals surface area contributed by atoms with Gasteiger partial charge < -0.3 is 25.5 Å². The molecule has 0 aliphatic carbocycles. The average molecular weight is 354 g/mol. The molecule has 2 aromatic heterocycles. The molecular weight excluding hydrogens is 332 g/mol. The first-order valence-electron chi connectivity index (χ1n) is 8.70. The number of nitrogens with one attached hydrogen (secondary N) is 2. The van der Waals surface area contributed by atoms with Gasteiger partial charge in [0.15, 0.2) is 0 Å². The number of benzene rings is 1. The molecule has 0 saturated carbocycles. The number of aromatic nitrogens is 4. The third kappa shape index (κ3) is 3.55. The Morgan fingerprint density at radius 3 is 3.04 bits per heavy atom. The fourth-order valence-corrected chi connectivity index (χ4v) is 3.15. The van der Waals surface area contributed by atoms with Gasteiger partial charge in [0.1, 0.15) is 17.4 Å². The molecule has 1 fully saturated rings. The zero-order chi connectivity index (χ0) is 17.9. The van der Waals surface area contributed by atoms with Crippen LogP contribution in [0.25, 0.3) is 11.0 Å². The summed E-state index contributed by atoms with van der Waals surface area (Å²) in [5.41, 5.74) is 8.69. The van der Waals surface area contributed by atoms with E-state index in [0.717, 1.165) is 53.6 Å². The molecule has 0 amide bonds. The standard InChI is InChI=1S/C18H22N6O2/c1-25-12-2-3-13-15(8-12)22-16(21-13)4-6-20-17-9-14(23-18(19)24-17)11-5-7-26-10-11/h2-3,8-9,11H,4-7,10H2,1H3,(H,21,22)(H3,19,20,23,24). The first-order valence-corrected chi connectivity index (χ1v) is 8.70. The Morgan fingerprint density at radius 2 is 2.23 bits per heavy atom. The predicted molar refractivity (Wildman–Crippen MR) is 99.5 cm³/mol. The topological polar surface area (TPSA) is 111 Å². The number of methoxy groups -OCH3 is 1. The van der Waals surface area contributed by atoms with E-state index in [1.165, 1.54) is 0 Å². The zero-order valence-corrected chi connectivity index (χ0v) is 14.7. The van der Waals surface area contributed by atoms with Crippen LogP contribution in [-0.2, 0) is 11.2 Å². The van der Waals surface area contributed by atoms with Gasteiger partial charge in [-0.2, -0.15) is 4.98 Å². The van der Waals surface area contributed by atoms with Crippen LogP contribution in [0.2, 0.25) is 0 Å². The molecule has 3 aromatic rings. The SMILES string of the molecule is COc1ccc2nc(CCNc3cc(C4CCOC4)nc(N)n3)[nH]c2c1. The van der Waals surface area contributed by atoms with Crippen molar-refractivity contribution in [1.82, 2.24) is 19.9 Å². The molecule has 0 bridgehead atoms. The number of anilines is 2. The largest absolute Gasteiger partial charge is 0.497 e. The van der Waals surface area contributed by atoms with Crippen LogP contribution in [0.1, 0.15) is 23.9 Å². The molecule has 1 aromatic carbocycles. The van der Waals surface area contributed by atoms with Crippen molar-refractivity contribution in [2.24, 2.45) is 0 Å². The minimum absolute atomic E-state index is 0.285. The number of imidazole rings is 1. The molecule has 0 spiro atoms. The highest BCUT2D eigenvalue weighted by Crippen LogP contribution is 2.25. The molecule has 8 heteroatoms. The van der Waals surface area contributed by atoms with Gasteiger partial charge in [-0.25, -0.2) is 9.97 Å². The van der Waals surface area contributed by atoms with Gasteiger partial charge in [-0.3, -0.25) is 0 Å². The van der Waals surface area contributed by atoms with E-state index in [1.54, 1.807) is 7.11 Å². The number of hydrogen-bond acceptors (Lipinski definition) is 7. The smallest absolute Gasteiger partial charge is 0.222 e. The summed E-state index contributed by atoms with van der Waals surface area (Å²) in [5, 5.41) is 3.31. The van der Waals surface area contributed by atoms with Crippen molar-refractivity contribution in [3.63, 3.8) is 0 Å². The Morgan fingerprint density at radius 1 is 1.31 bits per heavy atom. The number of rotatable bonds is 6. The minimum atomic E-state index is 0.285. The first-order chi connectivity index (χ1) is 12.7. The number of nitrogens with two attached hydrogens (primary N) is 1. The van der Waals surface area contributed by atoms with Gasteiger partial charge in [-0.1, -0.05) is 0 Å². The van der Waals surface area contributed by atoms with E-state index in [0.29, 0.717) is 19.1 Å². The molecule has 1 atom stereocenters. The van der Waals surface area contributed by atoms with Gasteiger partial charge in [-0.05, 0) is 18.6 Å². The highest BCUT2D eigenvalue weighted by molar-refractivity contribution is 5.76. The first kappa shape index (κ1) is 16.6. The molecule has 4 rings (SSSR count). The third-order valence-corrected chi connectivity index (χ3v) is 4.52. The Bertz CT molecular complexity index is 904. The number of H-pyrrole nitrogens is 1. The lowest BCUT2D eigenvalue weighted by Gasteiger charge is -2.11. The molecule has 1 aliphatic rings. The lowest BCUT2D eigenvalue weighted by Crippen LogP contribution is -2.11. The number of nitrogen functional groups attached to an aromatic ring is 1. The van der Waals surface area contributed by atoms with Gasteiger partial charge in [0.25, 0.3) is 0 Å².